The molecule has 0 amide bonds. The Labute approximate surface area is 239 Å². The van der Waals surface area contributed by atoms with E-state index in [0.717, 1.165) is 74.2 Å². The van der Waals surface area contributed by atoms with Gasteiger partial charge in [0.1, 0.15) is 11.6 Å². The lowest BCUT2D eigenvalue weighted by Crippen LogP contribution is -2.34. The highest BCUT2D eigenvalue weighted by Gasteiger charge is 2.42. The highest BCUT2D eigenvalue weighted by atomic mass is 19.1. The van der Waals surface area contributed by atoms with Gasteiger partial charge in [0.05, 0.1) is 30.6 Å². The molecule has 8 nitrogen and oxygen atoms in total. The van der Waals surface area contributed by atoms with Crippen molar-refractivity contribution in [1.29, 1.82) is 0 Å². The molecule has 3 aliphatic rings. The van der Waals surface area contributed by atoms with Crippen LogP contribution < -0.4 is 9.47 Å². The van der Waals surface area contributed by atoms with Crippen LogP contribution >= 0.6 is 0 Å². The molecule has 216 valence electrons. The monoisotopic (exact) mass is 561 g/mol. The van der Waals surface area contributed by atoms with Gasteiger partial charge < -0.3 is 23.9 Å². The number of aryl methyl sites for hydroxylation is 1. The summed E-state index contributed by atoms with van der Waals surface area (Å²) in [6, 6.07) is 11.1. The maximum Gasteiger partial charge on any atom is 0.328 e. The first-order valence-corrected chi connectivity index (χ1v) is 14.3. The van der Waals surface area contributed by atoms with Crippen LogP contribution in [0.4, 0.5) is 4.39 Å². The van der Waals surface area contributed by atoms with Crippen LogP contribution in [-0.2, 0) is 28.4 Å². The number of ether oxygens (including phenoxy) is 3. The summed E-state index contributed by atoms with van der Waals surface area (Å²) in [5, 5.41) is 9.13. The van der Waals surface area contributed by atoms with Gasteiger partial charge in [-0.25, -0.2) is 14.2 Å². The number of fused-ring (bicyclic) bond motifs is 1. The van der Waals surface area contributed by atoms with Crippen LogP contribution in [-0.4, -0.2) is 51.8 Å². The second-order valence-corrected chi connectivity index (χ2v) is 11.5. The van der Waals surface area contributed by atoms with Crippen molar-refractivity contribution in [3.63, 3.8) is 0 Å². The van der Waals surface area contributed by atoms with Crippen molar-refractivity contribution in [2.45, 2.75) is 57.9 Å². The molecule has 0 saturated carbocycles. The van der Waals surface area contributed by atoms with E-state index in [-0.39, 0.29) is 5.82 Å². The fourth-order valence-corrected chi connectivity index (χ4v) is 6.21. The molecule has 0 aliphatic carbocycles. The van der Waals surface area contributed by atoms with Crippen molar-refractivity contribution >= 4 is 12.0 Å². The summed E-state index contributed by atoms with van der Waals surface area (Å²) in [5.74, 6) is 0.447. The summed E-state index contributed by atoms with van der Waals surface area (Å²) in [6.07, 6.45) is 7.42. The van der Waals surface area contributed by atoms with Crippen molar-refractivity contribution in [3.05, 3.63) is 82.7 Å². The third-order valence-electron chi connectivity index (χ3n) is 8.45. The molecule has 0 spiro atoms. The first kappa shape index (κ1) is 27.5. The Morgan fingerprint density at radius 1 is 1.20 bits per heavy atom. The van der Waals surface area contributed by atoms with Gasteiger partial charge in [-0.05, 0) is 75.0 Å². The minimum atomic E-state index is -1.22. The van der Waals surface area contributed by atoms with E-state index in [1.54, 1.807) is 25.3 Å². The Bertz CT molecular complexity index is 1460. The number of halogens is 1. The Hall–Kier alpha value is -3.69. The molecular formula is C32H36FN3O5. The normalized spacial score (nSPS) is 23.0. The largest absolute Gasteiger partial charge is 0.478 e. The topological polar surface area (TPSA) is 86.1 Å². The molecule has 9 heteroatoms. The van der Waals surface area contributed by atoms with Crippen LogP contribution in [0.25, 0.3) is 6.08 Å². The number of imidazole rings is 1. The van der Waals surface area contributed by atoms with E-state index < -0.39 is 11.8 Å². The second-order valence-electron chi connectivity index (χ2n) is 11.5. The lowest BCUT2D eigenvalue weighted by Gasteiger charge is -2.32. The van der Waals surface area contributed by atoms with Gasteiger partial charge in [-0.3, -0.25) is 4.90 Å². The number of rotatable bonds is 8. The molecule has 2 fully saturated rings. The number of carbonyl (C=O) groups is 1. The lowest BCUT2D eigenvalue weighted by molar-refractivity contribution is -0.131. The van der Waals surface area contributed by atoms with Crippen LogP contribution in [0.3, 0.4) is 0 Å². The zero-order chi connectivity index (χ0) is 28.6. The standard InChI is InChI=1S/C32H36FN3O5/c1-21-6-8-26(27(33)16-21)32(2)40-28-5-3-4-25(31(28)41-32)23-10-13-35(14-11-23)19-29-34-17-24(7-9-30(37)38)36(29)18-22-12-15-39-20-22/h3-9,16-17,22-23H,10-15,18-20H2,1-2H3,(H,37,38)/b9-7+/t22-,32?/m1/s1. The number of carboxylic acid groups (broad SMARTS) is 1. The molecule has 6 rings (SSSR count). The van der Waals surface area contributed by atoms with Crippen LogP contribution in [0.2, 0.25) is 0 Å². The summed E-state index contributed by atoms with van der Waals surface area (Å²) < 4.78 is 35.2. The molecule has 1 unspecified atom stereocenters. The zero-order valence-electron chi connectivity index (χ0n) is 23.5. The van der Waals surface area contributed by atoms with Crippen LogP contribution in [0.15, 0.2) is 48.7 Å². The highest BCUT2D eigenvalue weighted by molar-refractivity contribution is 5.84. The van der Waals surface area contributed by atoms with E-state index >= 15 is 0 Å². The maximum absolute atomic E-state index is 14.9. The molecule has 2 atom stereocenters. The molecule has 0 radical (unpaired) electrons. The predicted molar refractivity (Wildman–Crippen MR) is 151 cm³/mol. The third-order valence-corrected chi connectivity index (χ3v) is 8.45. The van der Waals surface area contributed by atoms with Crippen molar-refractivity contribution in [3.8, 4) is 11.5 Å². The molecule has 1 aromatic heterocycles. The smallest absolute Gasteiger partial charge is 0.328 e. The number of para-hydroxylation sites is 1. The average Bonchev–Trinajstić information content (AvgIpc) is 3.67. The number of aliphatic carboxylic acids is 1. The van der Waals surface area contributed by atoms with Crippen molar-refractivity contribution in [2.24, 2.45) is 5.92 Å². The predicted octanol–water partition coefficient (Wildman–Crippen LogP) is 5.49. The van der Waals surface area contributed by atoms with Crippen molar-refractivity contribution in [2.75, 3.05) is 26.3 Å². The molecule has 2 saturated heterocycles. The molecular weight excluding hydrogens is 525 g/mol. The molecule has 1 N–H and O–H groups in total. The SMILES string of the molecule is Cc1ccc(C2(C)Oc3cccc(C4CCN(Cc5ncc(/C=C/C(=O)O)n5C[C@H]5CCOC5)CC4)c3O2)c(F)c1. The number of nitrogens with zero attached hydrogens (tertiary/aromatic N) is 3. The Morgan fingerprint density at radius 2 is 2.02 bits per heavy atom. The minimum Gasteiger partial charge on any atom is -0.478 e. The van der Waals surface area contributed by atoms with Crippen LogP contribution in [0.1, 0.15) is 60.3 Å². The molecule has 3 aliphatic heterocycles. The average molecular weight is 562 g/mol. The molecule has 3 aromatic rings. The van der Waals surface area contributed by atoms with Gasteiger partial charge in [0, 0.05) is 37.6 Å². The van der Waals surface area contributed by atoms with Gasteiger partial charge in [0.2, 0.25) is 0 Å². The van der Waals surface area contributed by atoms with Gasteiger partial charge >= 0.3 is 5.97 Å². The van der Waals surface area contributed by atoms with E-state index in [9.17, 15) is 9.18 Å². The van der Waals surface area contributed by atoms with Gasteiger partial charge in [0.25, 0.3) is 5.79 Å². The maximum atomic E-state index is 14.9. The van der Waals surface area contributed by atoms with Gasteiger partial charge in [0.15, 0.2) is 11.5 Å². The summed E-state index contributed by atoms with van der Waals surface area (Å²) in [7, 11) is 0. The van der Waals surface area contributed by atoms with E-state index in [2.05, 4.69) is 20.5 Å². The number of benzene rings is 2. The van der Waals surface area contributed by atoms with Gasteiger partial charge in [-0.1, -0.05) is 18.2 Å². The molecule has 0 bridgehead atoms. The first-order chi connectivity index (χ1) is 19.8. The quantitative estimate of drug-likeness (QED) is 0.364. The van der Waals surface area contributed by atoms with Crippen molar-refractivity contribution in [1.82, 2.24) is 14.5 Å². The molecule has 4 heterocycles. The highest BCUT2D eigenvalue weighted by Crippen LogP contribution is 2.49. The first-order valence-electron chi connectivity index (χ1n) is 14.3. The lowest BCUT2D eigenvalue weighted by atomic mass is 9.88. The fraction of sp³-hybridized carbons (Fsp3) is 0.438. The Morgan fingerprint density at radius 3 is 2.76 bits per heavy atom. The number of piperidine rings is 1. The second kappa shape index (κ2) is 11.3. The van der Waals surface area contributed by atoms with Crippen LogP contribution in [0.5, 0.6) is 11.5 Å². The Balaban J connectivity index is 1.14. The van der Waals surface area contributed by atoms with Gasteiger partial charge in [-0.2, -0.15) is 0 Å². The Kier molecular flexibility index (Phi) is 7.57. The van der Waals surface area contributed by atoms with Crippen LogP contribution in [0, 0.1) is 18.7 Å². The summed E-state index contributed by atoms with van der Waals surface area (Å²) in [5.41, 5.74) is 3.13. The molecule has 2 aromatic carbocycles. The third kappa shape index (κ3) is 5.74. The van der Waals surface area contributed by atoms with Crippen molar-refractivity contribution < 1.29 is 28.5 Å². The summed E-state index contributed by atoms with van der Waals surface area (Å²) >= 11 is 0. The summed E-state index contributed by atoms with van der Waals surface area (Å²) in [6.45, 7) is 8.34. The van der Waals surface area contributed by atoms with E-state index in [1.165, 1.54) is 6.07 Å². The summed E-state index contributed by atoms with van der Waals surface area (Å²) in [4.78, 5) is 18.2. The molecule has 41 heavy (non-hydrogen) atoms. The number of aromatic nitrogens is 2. The van der Waals surface area contributed by atoms with Gasteiger partial charge in [-0.15, -0.1) is 0 Å². The van der Waals surface area contributed by atoms with E-state index in [1.807, 2.05) is 25.1 Å². The number of hydrogen-bond donors (Lipinski definition) is 1. The number of likely N-dealkylation sites (tertiary alicyclic amines) is 1. The number of carboxylic acids is 1. The number of hydrogen-bond acceptors (Lipinski definition) is 6. The van der Waals surface area contributed by atoms with E-state index in [0.29, 0.717) is 42.0 Å². The minimum absolute atomic E-state index is 0.291. The fourth-order valence-electron chi connectivity index (χ4n) is 6.21. The van der Waals surface area contributed by atoms with E-state index in [4.69, 9.17) is 19.3 Å². The zero-order valence-corrected chi connectivity index (χ0v) is 23.5.